The van der Waals surface area contributed by atoms with E-state index in [4.69, 9.17) is 4.74 Å². The molecular formula is C20H21F4N3O. The Morgan fingerprint density at radius 3 is 2.71 bits per heavy atom. The van der Waals surface area contributed by atoms with E-state index < -0.39 is 18.5 Å². The number of aromatic nitrogens is 1. The molecule has 0 bridgehead atoms. The summed E-state index contributed by atoms with van der Waals surface area (Å²) in [6, 6.07) is 9.95. The maximum Gasteiger partial charge on any atom is 0.405 e. The van der Waals surface area contributed by atoms with Gasteiger partial charge in [0.1, 0.15) is 6.54 Å². The zero-order valence-corrected chi connectivity index (χ0v) is 15.3. The first-order chi connectivity index (χ1) is 13.4. The highest BCUT2D eigenvalue weighted by Crippen LogP contribution is 2.27. The van der Waals surface area contributed by atoms with Crippen molar-refractivity contribution in [3.05, 3.63) is 59.5 Å². The molecule has 8 heteroatoms. The van der Waals surface area contributed by atoms with E-state index >= 15 is 0 Å². The molecule has 4 nitrogen and oxygen atoms in total. The molecule has 0 radical (unpaired) electrons. The van der Waals surface area contributed by atoms with Gasteiger partial charge in [-0.2, -0.15) is 13.2 Å². The van der Waals surface area contributed by atoms with Crippen LogP contribution in [0.2, 0.25) is 0 Å². The fraction of sp³-hybridized carbons (Fsp3) is 0.300. The van der Waals surface area contributed by atoms with Crippen molar-refractivity contribution in [3.8, 4) is 5.75 Å². The number of hydrogen-bond donors (Lipinski definition) is 3. The van der Waals surface area contributed by atoms with Gasteiger partial charge in [-0.1, -0.05) is 12.1 Å². The molecule has 2 aromatic carbocycles. The van der Waals surface area contributed by atoms with Gasteiger partial charge in [0.25, 0.3) is 0 Å². The maximum atomic E-state index is 13.8. The number of fused-ring (bicyclic) bond motifs is 1. The van der Waals surface area contributed by atoms with E-state index in [1.807, 2.05) is 12.3 Å². The molecule has 1 aromatic heterocycles. The number of ether oxygens (including phenoxy) is 1. The highest BCUT2D eigenvalue weighted by atomic mass is 19.4. The van der Waals surface area contributed by atoms with Crippen LogP contribution in [0.3, 0.4) is 0 Å². The van der Waals surface area contributed by atoms with Gasteiger partial charge in [0.05, 0.1) is 7.11 Å². The van der Waals surface area contributed by atoms with E-state index in [1.165, 1.54) is 13.2 Å². The van der Waals surface area contributed by atoms with Gasteiger partial charge < -0.3 is 20.4 Å². The lowest BCUT2D eigenvalue weighted by Gasteiger charge is -2.11. The zero-order chi connectivity index (χ0) is 20.1. The van der Waals surface area contributed by atoms with Crippen molar-refractivity contribution >= 4 is 16.6 Å². The number of H-pyrrole nitrogens is 1. The number of methoxy groups -OCH3 is 1. The lowest BCUT2D eigenvalue weighted by atomic mass is 10.1. The second kappa shape index (κ2) is 8.52. The molecule has 0 amide bonds. The molecule has 0 aliphatic heterocycles. The second-order valence-electron chi connectivity index (χ2n) is 6.44. The third kappa shape index (κ3) is 5.16. The van der Waals surface area contributed by atoms with Crippen molar-refractivity contribution < 1.29 is 22.3 Å². The van der Waals surface area contributed by atoms with Crippen molar-refractivity contribution in [2.45, 2.75) is 19.1 Å². The third-order valence-electron chi connectivity index (χ3n) is 4.36. The zero-order valence-electron chi connectivity index (χ0n) is 15.3. The molecular weight excluding hydrogens is 374 g/mol. The number of anilines is 1. The molecule has 28 heavy (non-hydrogen) atoms. The lowest BCUT2D eigenvalue weighted by Crippen LogP contribution is -2.21. The van der Waals surface area contributed by atoms with E-state index in [-0.39, 0.29) is 5.75 Å². The van der Waals surface area contributed by atoms with Crippen LogP contribution in [0, 0.1) is 5.82 Å². The van der Waals surface area contributed by atoms with Crippen LogP contribution in [0.1, 0.15) is 11.1 Å². The molecule has 0 atom stereocenters. The Balaban J connectivity index is 1.54. The summed E-state index contributed by atoms with van der Waals surface area (Å²) in [6.45, 7) is 0.128. The number of alkyl halides is 3. The summed E-state index contributed by atoms with van der Waals surface area (Å²) in [5.74, 6) is -0.218. The van der Waals surface area contributed by atoms with Crippen molar-refractivity contribution in [2.75, 3.05) is 25.5 Å². The fourth-order valence-electron chi connectivity index (χ4n) is 2.99. The number of nitrogens with one attached hydrogen (secondary N) is 3. The highest BCUT2D eigenvalue weighted by Gasteiger charge is 2.26. The van der Waals surface area contributed by atoms with E-state index in [2.05, 4.69) is 15.6 Å². The first-order valence-electron chi connectivity index (χ1n) is 8.79. The minimum absolute atomic E-state index is 0.199. The molecule has 1 heterocycles. The Kier molecular flexibility index (Phi) is 6.08. The van der Waals surface area contributed by atoms with E-state index in [0.29, 0.717) is 30.7 Å². The highest BCUT2D eigenvalue weighted by molar-refractivity contribution is 5.84. The van der Waals surface area contributed by atoms with Crippen LogP contribution in [-0.2, 0) is 13.0 Å². The lowest BCUT2D eigenvalue weighted by molar-refractivity contribution is -0.115. The van der Waals surface area contributed by atoms with Gasteiger partial charge in [-0.05, 0) is 42.3 Å². The maximum absolute atomic E-state index is 13.8. The van der Waals surface area contributed by atoms with Crippen molar-refractivity contribution in [2.24, 2.45) is 0 Å². The summed E-state index contributed by atoms with van der Waals surface area (Å²) >= 11 is 0. The Hall–Kier alpha value is -2.74. The Labute approximate surface area is 159 Å². The van der Waals surface area contributed by atoms with Gasteiger partial charge in [-0.3, -0.25) is 0 Å². The molecule has 0 spiro atoms. The summed E-state index contributed by atoms with van der Waals surface area (Å²) < 4.78 is 55.7. The first-order valence-corrected chi connectivity index (χ1v) is 8.79. The number of halogens is 4. The average molecular weight is 395 g/mol. The summed E-state index contributed by atoms with van der Waals surface area (Å²) in [4.78, 5) is 3.05. The largest absolute Gasteiger partial charge is 0.494 e. The minimum atomic E-state index is -4.25. The van der Waals surface area contributed by atoms with E-state index in [9.17, 15) is 17.6 Å². The van der Waals surface area contributed by atoms with Gasteiger partial charge in [0, 0.05) is 35.4 Å². The third-order valence-corrected chi connectivity index (χ3v) is 4.36. The summed E-state index contributed by atoms with van der Waals surface area (Å²) in [5.41, 5.74) is 3.05. The molecule has 0 aliphatic carbocycles. The van der Waals surface area contributed by atoms with Crippen LogP contribution in [0.4, 0.5) is 23.2 Å². The molecule has 0 saturated carbocycles. The Morgan fingerprint density at radius 1 is 1.14 bits per heavy atom. The standard InChI is InChI=1S/C20H21F4N3O/c1-28-19-8-16-14(11-26-18(16)9-17(19)21)5-6-25-10-13-3-2-4-15(7-13)27-12-20(22,23)24/h2-4,7-9,11,25-27H,5-6,10,12H2,1H3. The van der Waals surface area contributed by atoms with Gasteiger partial charge in [-0.25, -0.2) is 4.39 Å². The van der Waals surface area contributed by atoms with Crippen LogP contribution < -0.4 is 15.4 Å². The molecule has 0 fully saturated rings. The first kappa shape index (κ1) is 20.0. The van der Waals surface area contributed by atoms with Crippen LogP contribution in [-0.4, -0.2) is 31.4 Å². The second-order valence-corrected chi connectivity index (χ2v) is 6.44. The van der Waals surface area contributed by atoms with E-state index in [1.54, 1.807) is 24.3 Å². The Bertz CT molecular complexity index is 937. The number of hydrogen-bond acceptors (Lipinski definition) is 3. The smallest absolute Gasteiger partial charge is 0.405 e. The number of benzene rings is 2. The molecule has 3 aromatic rings. The summed E-state index contributed by atoms with van der Waals surface area (Å²) in [6.07, 6.45) is -1.70. The molecule has 3 rings (SSSR count). The molecule has 0 saturated heterocycles. The number of rotatable bonds is 8. The van der Waals surface area contributed by atoms with Gasteiger partial charge in [-0.15, -0.1) is 0 Å². The van der Waals surface area contributed by atoms with Crippen LogP contribution in [0.25, 0.3) is 10.9 Å². The van der Waals surface area contributed by atoms with Gasteiger partial charge >= 0.3 is 6.18 Å². The normalized spacial score (nSPS) is 11.8. The van der Waals surface area contributed by atoms with Gasteiger partial charge in [0.2, 0.25) is 0 Å². The number of aromatic amines is 1. The van der Waals surface area contributed by atoms with Crippen molar-refractivity contribution in [1.82, 2.24) is 10.3 Å². The van der Waals surface area contributed by atoms with Crippen LogP contribution in [0.5, 0.6) is 5.75 Å². The Morgan fingerprint density at radius 2 is 1.96 bits per heavy atom. The fourth-order valence-corrected chi connectivity index (χ4v) is 2.99. The molecule has 150 valence electrons. The monoisotopic (exact) mass is 395 g/mol. The molecule has 0 unspecified atom stereocenters. The predicted octanol–water partition coefficient (Wildman–Crippen LogP) is 4.62. The van der Waals surface area contributed by atoms with Crippen LogP contribution >= 0.6 is 0 Å². The quantitative estimate of drug-likeness (QED) is 0.385. The summed E-state index contributed by atoms with van der Waals surface area (Å²) in [5, 5.41) is 6.55. The van der Waals surface area contributed by atoms with Crippen molar-refractivity contribution in [3.63, 3.8) is 0 Å². The van der Waals surface area contributed by atoms with E-state index in [0.717, 1.165) is 16.5 Å². The molecule has 3 N–H and O–H groups in total. The molecule has 0 aliphatic rings. The predicted molar refractivity (Wildman–Crippen MR) is 101 cm³/mol. The van der Waals surface area contributed by atoms with Gasteiger partial charge in [0.15, 0.2) is 11.6 Å². The van der Waals surface area contributed by atoms with Crippen LogP contribution in [0.15, 0.2) is 42.6 Å². The van der Waals surface area contributed by atoms with Crippen molar-refractivity contribution in [1.29, 1.82) is 0 Å². The average Bonchev–Trinajstić information content (AvgIpc) is 3.04. The summed E-state index contributed by atoms with van der Waals surface area (Å²) in [7, 11) is 1.43. The topological polar surface area (TPSA) is 49.1 Å². The minimum Gasteiger partial charge on any atom is -0.494 e. The SMILES string of the molecule is COc1cc2c(CCNCc3cccc(NCC(F)(F)F)c3)c[nH]c2cc1F.